The third-order valence-electron chi connectivity index (χ3n) is 2.44. The molecule has 1 aromatic carbocycles. The summed E-state index contributed by atoms with van der Waals surface area (Å²) in [5.74, 6) is 1.28. The normalized spacial score (nSPS) is 10.3. The molecule has 0 aliphatic heterocycles. The predicted molar refractivity (Wildman–Crippen MR) is 75.9 cm³/mol. The van der Waals surface area contributed by atoms with Gasteiger partial charge in [-0.05, 0) is 24.7 Å². The SMILES string of the molecule is O=[N+]([O-])c1ccc(Cl)c(OCCCCCCS)c1. The van der Waals surface area contributed by atoms with Crippen molar-refractivity contribution in [3.8, 4) is 5.75 Å². The molecule has 1 aromatic rings. The Morgan fingerprint density at radius 1 is 1.28 bits per heavy atom. The Kier molecular flexibility index (Phi) is 6.90. The number of hydrogen-bond acceptors (Lipinski definition) is 4. The number of nitrogens with zero attached hydrogens (tertiary/aromatic N) is 1. The molecule has 4 nitrogen and oxygen atoms in total. The molecule has 100 valence electrons. The second-order valence-electron chi connectivity index (χ2n) is 3.86. The van der Waals surface area contributed by atoms with E-state index >= 15 is 0 Å². The van der Waals surface area contributed by atoms with E-state index in [2.05, 4.69) is 12.6 Å². The quantitative estimate of drug-likeness (QED) is 0.339. The molecule has 0 bridgehead atoms. The number of hydrogen-bond donors (Lipinski definition) is 1. The number of benzene rings is 1. The maximum atomic E-state index is 10.6. The van der Waals surface area contributed by atoms with Crippen molar-refractivity contribution >= 4 is 29.9 Å². The standard InChI is InChI=1S/C12H16ClNO3S/c13-11-6-5-10(14(15)16)9-12(11)17-7-3-1-2-4-8-18/h5-6,9,18H,1-4,7-8H2. The first-order valence-corrected chi connectivity index (χ1v) is 6.84. The Bertz CT molecular complexity index is 401. The Morgan fingerprint density at radius 3 is 2.67 bits per heavy atom. The molecule has 0 N–H and O–H groups in total. The number of thiol groups is 1. The molecule has 18 heavy (non-hydrogen) atoms. The molecule has 0 saturated heterocycles. The molecule has 0 atom stereocenters. The van der Waals surface area contributed by atoms with Gasteiger partial charge in [0.05, 0.1) is 22.6 Å². The monoisotopic (exact) mass is 289 g/mol. The summed E-state index contributed by atoms with van der Waals surface area (Å²) in [5.41, 5.74) is -0.00975. The molecule has 0 aliphatic carbocycles. The lowest BCUT2D eigenvalue weighted by molar-refractivity contribution is -0.384. The average Bonchev–Trinajstić information content (AvgIpc) is 2.35. The molecule has 6 heteroatoms. The van der Waals surface area contributed by atoms with Crippen molar-refractivity contribution in [2.75, 3.05) is 12.4 Å². The van der Waals surface area contributed by atoms with Crippen LogP contribution in [0.5, 0.6) is 5.75 Å². The number of nitro benzene ring substituents is 1. The van der Waals surface area contributed by atoms with E-state index in [9.17, 15) is 10.1 Å². The third kappa shape index (κ3) is 5.14. The van der Waals surface area contributed by atoms with E-state index < -0.39 is 4.92 Å². The van der Waals surface area contributed by atoms with Crippen LogP contribution in [0.15, 0.2) is 18.2 Å². The highest BCUT2D eigenvalue weighted by molar-refractivity contribution is 7.80. The molecule has 0 saturated carbocycles. The van der Waals surface area contributed by atoms with Crippen molar-refractivity contribution in [2.24, 2.45) is 0 Å². The van der Waals surface area contributed by atoms with E-state index in [0.717, 1.165) is 31.4 Å². The molecule has 0 aromatic heterocycles. The Balaban J connectivity index is 2.41. The first kappa shape index (κ1) is 15.1. The van der Waals surface area contributed by atoms with Gasteiger partial charge in [0.25, 0.3) is 5.69 Å². The van der Waals surface area contributed by atoms with Gasteiger partial charge in [-0.15, -0.1) is 0 Å². The van der Waals surface area contributed by atoms with Gasteiger partial charge in [0.2, 0.25) is 0 Å². The van der Waals surface area contributed by atoms with E-state index in [4.69, 9.17) is 16.3 Å². The zero-order valence-corrected chi connectivity index (χ0v) is 11.6. The fourth-order valence-corrected chi connectivity index (χ4v) is 1.86. The van der Waals surface area contributed by atoms with E-state index in [1.54, 1.807) is 0 Å². The number of nitro groups is 1. The van der Waals surface area contributed by atoms with Gasteiger partial charge in [0.15, 0.2) is 0 Å². The summed E-state index contributed by atoms with van der Waals surface area (Å²) in [6.45, 7) is 0.521. The fourth-order valence-electron chi connectivity index (χ4n) is 1.47. The maximum Gasteiger partial charge on any atom is 0.273 e. The van der Waals surface area contributed by atoms with Crippen LogP contribution in [-0.2, 0) is 0 Å². The summed E-state index contributed by atoms with van der Waals surface area (Å²) in [4.78, 5) is 10.1. The van der Waals surface area contributed by atoms with Gasteiger partial charge in [0, 0.05) is 6.07 Å². The minimum absolute atomic E-state index is 0.00975. The number of unbranched alkanes of at least 4 members (excludes halogenated alkanes) is 3. The minimum atomic E-state index is -0.462. The molecular formula is C12H16ClNO3S. The van der Waals surface area contributed by atoms with Gasteiger partial charge in [-0.3, -0.25) is 10.1 Å². The van der Waals surface area contributed by atoms with Gasteiger partial charge < -0.3 is 4.74 Å². The Labute approximate surface area is 117 Å². The topological polar surface area (TPSA) is 52.4 Å². The third-order valence-corrected chi connectivity index (χ3v) is 3.06. The number of non-ortho nitro benzene ring substituents is 1. The fraction of sp³-hybridized carbons (Fsp3) is 0.500. The highest BCUT2D eigenvalue weighted by Crippen LogP contribution is 2.28. The summed E-state index contributed by atoms with van der Waals surface area (Å²) in [6, 6.07) is 4.20. The van der Waals surface area contributed by atoms with Crippen LogP contribution >= 0.6 is 24.2 Å². The highest BCUT2D eigenvalue weighted by Gasteiger charge is 2.10. The number of halogens is 1. The second kappa shape index (κ2) is 8.21. The highest BCUT2D eigenvalue weighted by atomic mass is 35.5. The van der Waals surface area contributed by atoms with Gasteiger partial charge in [-0.25, -0.2) is 0 Å². The maximum absolute atomic E-state index is 10.6. The van der Waals surface area contributed by atoms with Gasteiger partial charge in [0.1, 0.15) is 5.75 Å². The van der Waals surface area contributed by atoms with E-state index in [1.807, 2.05) is 0 Å². The van der Waals surface area contributed by atoms with Crippen molar-refractivity contribution in [1.82, 2.24) is 0 Å². The number of ether oxygens (including phenoxy) is 1. The molecule has 0 radical (unpaired) electrons. The first-order chi connectivity index (χ1) is 8.65. The molecule has 0 aliphatic rings. The number of rotatable bonds is 8. The zero-order valence-electron chi connectivity index (χ0n) is 9.97. The zero-order chi connectivity index (χ0) is 13.4. The van der Waals surface area contributed by atoms with Crippen LogP contribution in [-0.4, -0.2) is 17.3 Å². The second-order valence-corrected chi connectivity index (χ2v) is 4.71. The minimum Gasteiger partial charge on any atom is -0.492 e. The van der Waals surface area contributed by atoms with Crippen LogP contribution in [0.1, 0.15) is 25.7 Å². The van der Waals surface area contributed by atoms with Gasteiger partial charge >= 0.3 is 0 Å². The van der Waals surface area contributed by atoms with E-state index in [1.165, 1.54) is 18.2 Å². The van der Waals surface area contributed by atoms with E-state index in [-0.39, 0.29) is 5.69 Å². The molecular weight excluding hydrogens is 274 g/mol. The summed E-state index contributed by atoms with van der Waals surface area (Å²) in [5, 5.41) is 11.0. The summed E-state index contributed by atoms with van der Waals surface area (Å²) in [7, 11) is 0. The molecule has 0 heterocycles. The first-order valence-electron chi connectivity index (χ1n) is 5.82. The van der Waals surface area contributed by atoms with Crippen molar-refractivity contribution < 1.29 is 9.66 Å². The lowest BCUT2D eigenvalue weighted by Gasteiger charge is -2.07. The lowest BCUT2D eigenvalue weighted by Crippen LogP contribution is -1.99. The predicted octanol–water partition coefficient (Wildman–Crippen LogP) is 4.12. The molecule has 0 spiro atoms. The summed E-state index contributed by atoms with van der Waals surface area (Å²) < 4.78 is 5.45. The van der Waals surface area contributed by atoms with Crippen LogP contribution in [0.25, 0.3) is 0 Å². The van der Waals surface area contributed by atoms with Crippen molar-refractivity contribution in [2.45, 2.75) is 25.7 Å². The smallest absolute Gasteiger partial charge is 0.273 e. The molecule has 0 amide bonds. The van der Waals surface area contributed by atoms with Crippen molar-refractivity contribution in [1.29, 1.82) is 0 Å². The average molecular weight is 290 g/mol. The largest absolute Gasteiger partial charge is 0.492 e. The van der Waals surface area contributed by atoms with Gasteiger partial charge in [-0.2, -0.15) is 12.6 Å². The lowest BCUT2D eigenvalue weighted by atomic mass is 10.2. The van der Waals surface area contributed by atoms with Crippen LogP contribution < -0.4 is 4.74 Å². The summed E-state index contributed by atoms with van der Waals surface area (Å²) in [6.07, 6.45) is 4.19. The van der Waals surface area contributed by atoms with Crippen molar-refractivity contribution in [3.05, 3.63) is 33.3 Å². The van der Waals surface area contributed by atoms with Crippen LogP contribution in [0, 0.1) is 10.1 Å². The van der Waals surface area contributed by atoms with Gasteiger partial charge in [-0.1, -0.05) is 24.4 Å². The van der Waals surface area contributed by atoms with Crippen LogP contribution in [0.4, 0.5) is 5.69 Å². The summed E-state index contributed by atoms with van der Waals surface area (Å²) >= 11 is 10.0. The van der Waals surface area contributed by atoms with E-state index in [0.29, 0.717) is 17.4 Å². The molecule has 1 rings (SSSR count). The van der Waals surface area contributed by atoms with Crippen LogP contribution in [0.2, 0.25) is 5.02 Å². The Hall–Kier alpha value is -0.940. The Morgan fingerprint density at radius 2 is 2.00 bits per heavy atom. The van der Waals surface area contributed by atoms with Crippen molar-refractivity contribution in [3.63, 3.8) is 0 Å². The van der Waals surface area contributed by atoms with Crippen LogP contribution in [0.3, 0.4) is 0 Å². The molecule has 0 unspecified atom stereocenters. The molecule has 0 fully saturated rings.